The van der Waals surface area contributed by atoms with Crippen molar-refractivity contribution in [2.45, 2.75) is 6.54 Å². The molecule has 0 spiro atoms. The van der Waals surface area contributed by atoms with Crippen LogP contribution in [-0.2, 0) is 25.5 Å². The number of carboxylic acid groups (broad SMARTS) is 1. The third kappa shape index (κ3) is 8.70. The van der Waals surface area contributed by atoms with Crippen molar-refractivity contribution >= 4 is 12.4 Å². The second-order valence-electron chi connectivity index (χ2n) is 6.66. The third-order valence-corrected chi connectivity index (χ3v) is 4.40. The molecule has 180 valence electrons. The highest BCUT2D eigenvalue weighted by atomic mass is 16.7. The summed E-state index contributed by atoms with van der Waals surface area (Å²) in [7, 11) is 3.14. The average molecular weight is 463 g/mol. The number of amides is 1. The summed E-state index contributed by atoms with van der Waals surface area (Å²) in [6.45, 7) is 1.52. The lowest BCUT2D eigenvalue weighted by molar-refractivity contribution is -0.00923. The van der Waals surface area contributed by atoms with E-state index in [0.29, 0.717) is 66.5 Å². The molecule has 0 radical (unpaired) electrons. The van der Waals surface area contributed by atoms with Gasteiger partial charge in [-0.15, -0.1) is 0 Å². The largest absolute Gasteiger partial charge is 0.467 e. The number of benzene rings is 2. The number of hydrogen-bond donors (Lipinski definition) is 2. The molecule has 0 bridgehead atoms. The summed E-state index contributed by atoms with van der Waals surface area (Å²) in [5.74, 6) is 0.790. The van der Waals surface area contributed by atoms with Crippen molar-refractivity contribution in [2.75, 3.05) is 54.2 Å². The van der Waals surface area contributed by atoms with Crippen molar-refractivity contribution in [3.63, 3.8) is 0 Å². The van der Waals surface area contributed by atoms with E-state index in [0.717, 1.165) is 0 Å². The first-order valence-electron chi connectivity index (χ1n) is 10.2. The van der Waals surface area contributed by atoms with Gasteiger partial charge >= 0.3 is 6.09 Å². The van der Waals surface area contributed by atoms with Gasteiger partial charge in [0.1, 0.15) is 11.5 Å². The van der Waals surface area contributed by atoms with Gasteiger partial charge in [-0.25, -0.2) is 4.79 Å². The molecule has 10 nitrogen and oxygen atoms in total. The summed E-state index contributed by atoms with van der Waals surface area (Å²) < 4.78 is 32.3. The van der Waals surface area contributed by atoms with Crippen LogP contribution in [0.1, 0.15) is 15.9 Å². The summed E-state index contributed by atoms with van der Waals surface area (Å²) in [5, 5.41) is 11.3. The van der Waals surface area contributed by atoms with E-state index in [1.54, 1.807) is 50.6 Å². The minimum atomic E-state index is -1.14. The van der Waals surface area contributed by atoms with Crippen LogP contribution in [0.5, 0.6) is 11.5 Å². The van der Waals surface area contributed by atoms with Crippen LogP contribution >= 0.6 is 0 Å². The SMILES string of the molecule is COCCOCOc1ccc(CNC(=O)O)cc1-c1cccc(C=O)c1OCOCCOC. The third-order valence-electron chi connectivity index (χ3n) is 4.40. The molecule has 0 aliphatic rings. The van der Waals surface area contributed by atoms with Crippen molar-refractivity contribution in [2.24, 2.45) is 0 Å². The first-order valence-corrected chi connectivity index (χ1v) is 10.2. The molecule has 1 amide bonds. The molecule has 0 unspecified atom stereocenters. The first kappa shape index (κ1) is 26.1. The molecule has 0 aliphatic carbocycles. The van der Waals surface area contributed by atoms with Gasteiger partial charge in [0.2, 0.25) is 0 Å². The molecule has 0 fully saturated rings. The van der Waals surface area contributed by atoms with E-state index in [2.05, 4.69) is 5.32 Å². The quantitative estimate of drug-likeness (QED) is 0.220. The van der Waals surface area contributed by atoms with Crippen LogP contribution in [0.2, 0.25) is 0 Å². The van der Waals surface area contributed by atoms with Crippen molar-refractivity contribution in [1.82, 2.24) is 5.32 Å². The van der Waals surface area contributed by atoms with Crippen LogP contribution in [0.4, 0.5) is 4.79 Å². The van der Waals surface area contributed by atoms with E-state index < -0.39 is 6.09 Å². The molecule has 0 saturated carbocycles. The number of rotatable bonds is 16. The zero-order chi connectivity index (χ0) is 23.9. The normalized spacial score (nSPS) is 10.6. The molecule has 2 aromatic rings. The van der Waals surface area contributed by atoms with E-state index in [-0.39, 0.29) is 20.1 Å². The van der Waals surface area contributed by atoms with Gasteiger partial charge in [0, 0.05) is 31.9 Å². The highest BCUT2D eigenvalue weighted by Crippen LogP contribution is 2.39. The van der Waals surface area contributed by atoms with Gasteiger partial charge in [-0.2, -0.15) is 0 Å². The van der Waals surface area contributed by atoms with Gasteiger partial charge in [0.15, 0.2) is 19.9 Å². The maximum Gasteiger partial charge on any atom is 0.404 e. The lowest BCUT2D eigenvalue weighted by atomic mass is 9.98. The fraction of sp³-hybridized carbons (Fsp3) is 0.391. The number of methoxy groups -OCH3 is 2. The average Bonchev–Trinajstić information content (AvgIpc) is 2.82. The molecule has 0 saturated heterocycles. The predicted molar refractivity (Wildman–Crippen MR) is 119 cm³/mol. The summed E-state index contributed by atoms with van der Waals surface area (Å²) in [4.78, 5) is 22.6. The number of para-hydroxylation sites is 1. The fourth-order valence-electron chi connectivity index (χ4n) is 2.83. The van der Waals surface area contributed by atoms with Crippen LogP contribution in [0.15, 0.2) is 36.4 Å². The Labute approximate surface area is 192 Å². The molecule has 0 aliphatic heterocycles. The van der Waals surface area contributed by atoms with Gasteiger partial charge in [-0.3, -0.25) is 4.79 Å². The Morgan fingerprint density at radius 2 is 1.64 bits per heavy atom. The van der Waals surface area contributed by atoms with E-state index in [1.165, 1.54) is 0 Å². The lowest BCUT2D eigenvalue weighted by Crippen LogP contribution is -2.19. The van der Waals surface area contributed by atoms with Gasteiger partial charge in [-0.1, -0.05) is 18.2 Å². The summed E-state index contributed by atoms with van der Waals surface area (Å²) >= 11 is 0. The number of nitrogens with one attached hydrogen (secondary N) is 1. The van der Waals surface area contributed by atoms with E-state index in [4.69, 9.17) is 33.5 Å². The van der Waals surface area contributed by atoms with Crippen LogP contribution < -0.4 is 14.8 Å². The monoisotopic (exact) mass is 463 g/mol. The smallest absolute Gasteiger partial charge is 0.404 e. The molecule has 0 heterocycles. The first-order chi connectivity index (χ1) is 16.1. The molecule has 2 rings (SSSR count). The van der Waals surface area contributed by atoms with Crippen molar-refractivity contribution in [3.8, 4) is 22.6 Å². The zero-order valence-corrected chi connectivity index (χ0v) is 18.7. The lowest BCUT2D eigenvalue weighted by Gasteiger charge is -2.18. The van der Waals surface area contributed by atoms with Gasteiger partial charge in [0.25, 0.3) is 0 Å². The second kappa shape index (κ2) is 14.8. The summed E-state index contributed by atoms with van der Waals surface area (Å²) in [6.07, 6.45) is -0.443. The standard InChI is InChI=1S/C23H29NO9/c1-28-8-10-30-15-32-21-7-6-17(13-24-23(26)27)12-20(21)19-5-3-4-18(14-25)22(19)33-16-31-11-9-29-2/h3-7,12,14,24H,8-11,13,15-16H2,1-2H3,(H,26,27). The number of aldehydes is 1. The Morgan fingerprint density at radius 1 is 0.939 bits per heavy atom. The Morgan fingerprint density at radius 3 is 2.27 bits per heavy atom. The van der Waals surface area contributed by atoms with Crippen LogP contribution in [0.3, 0.4) is 0 Å². The summed E-state index contributed by atoms with van der Waals surface area (Å²) in [5.41, 5.74) is 2.21. The molecule has 0 atom stereocenters. The molecular formula is C23H29NO9. The van der Waals surface area contributed by atoms with Gasteiger partial charge in [0.05, 0.1) is 32.0 Å². The van der Waals surface area contributed by atoms with Crippen molar-refractivity contribution in [1.29, 1.82) is 0 Å². The minimum absolute atomic E-state index is 0.0211. The number of carbonyl (C=O) groups is 2. The fourth-order valence-corrected chi connectivity index (χ4v) is 2.83. The molecule has 10 heteroatoms. The maximum absolute atomic E-state index is 11.7. The van der Waals surface area contributed by atoms with Crippen LogP contribution in [-0.4, -0.2) is 71.7 Å². The Bertz CT molecular complexity index is 888. The van der Waals surface area contributed by atoms with Crippen LogP contribution in [0, 0.1) is 0 Å². The zero-order valence-electron chi connectivity index (χ0n) is 18.7. The van der Waals surface area contributed by atoms with E-state index in [9.17, 15) is 9.59 Å². The second-order valence-corrected chi connectivity index (χ2v) is 6.66. The topological polar surface area (TPSA) is 122 Å². The highest BCUT2D eigenvalue weighted by molar-refractivity contribution is 5.87. The van der Waals surface area contributed by atoms with Crippen molar-refractivity contribution < 1.29 is 43.1 Å². The van der Waals surface area contributed by atoms with E-state index >= 15 is 0 Å². The summed E-state index contributed by atoms with van der Waals surface area (Å²) in [6, 6.07) is 10.3. The minimum Gasteiger partial charge on any atom is -0.467 e. The number of ether oxygens (including phenoxy) is 6. The Hall–Kier alpha value is -3.18. The van der Waals surface area contributed by atoms with Crippen molar-refractivity contribution in [3.05, 3.63) is 47.5 Å². The van der Waals surface area contributed by atoms with Gasteiger partial charge in [-0.05, 0) is 23.8 Å². The highest BCUT2D eigenvalue weighted by Gasteiger charge is 2.17. The Kier molecular flexibility index (Phi) is 11.7. The Balaban J connectivity index is 2.35. The molecule has 0 aromatic heterocycles. The number of carbonyl (C=O) groups excluding carboxylic acids is 1. The molecule has 33 heavy (non-hydrogen) atoms. The molecule has 2 N–H and O–H groups in total. The van der Waals surface area contributed by atoms with E-state index in [1.807, 2.05) is 0 Å². The molecular weight excluding hydrogens is 434 g/mol. The predicted octanol–water partition coefficient (Wildman–Crippen LogP) is 2.93. The van der Waals surface area contributed by atoms with Gasteiger partial charge < -0.3 is 38.8 Å². The van der Waals surface area contributed by atoms with Crippen LogP contribution in [0.25, 0.3) is 11.1 Å². The molecule has 2 aromatic carbocycles. The number of hydrogen-bond acceptors (Lipinski definition) is 8. The maximum atomic E-state index is 11.7.